The predicted molar refractivity (Wildman–Crippen MR) is 34.1 cm³/mol. The number of rotatable bonds is 3. The molecule has 8 heavy (non-hydrogen) atoms. The molecule has 0 aliphatic heterocycles. The van der Waals surface area contributed by atoms with Crippen molar-refractivity contribution in [3.8, 4) is 0 Å². The van der Waals surface area contributed by atoms with Crippen LogP contribution in [0.1, 0.15) is 6.42 Å². The highest BCUT2D eigenvalue weighted by molar-refractivity contribution is 7.81. The summed E-state index contributed by atoms with van der Waals surface area (Å²) in [6, 6.07) is 0. The Morgan fingerprint density at radius 3 is 2.50 bits per heavy atom. The molecule has 3 nitrogen and oxygen atoms in total. The molecule has 0 fully saturated rings. The van der Waals surface area contributed by atoms with Crippen LogP contribution >= 0.6 is 11.6 Å². The molecule has 0 rings (SSSR count). The lowest BCUT2D eigenvalue weighted by Crippen LogP contribution is -2.12. The molecule has 2 unspecified atom stereocenters. The van der Waals surface area contributed by atoms with Crippen molar-refractivity contribution in [1.82, 2.24) is 0 Å². The monoisotopic (exact) mass is 157 g/mol. The lowest BCUT2D eigenvalue weighted by Gasteiger charge is -1.98. The summed E-state index contributed by atoms with van der Waals surface area (Å²) < 4.78 is 17.5. The molecule has 2 atom stereocenters. The predicted octanol–water partition coefficient (Wildman–Crippen LogP) is 0.122. The molecule has 0 saturated heterocycles. The topological polar surface area (TPSA) is 63.3 Å². The molecule has 0 bridgehead atoms. The molecule has 5 heteroatoms. The third-order valence-corrected chi connectivity index (χ3v) is 1.96. The molecule has 3 N–H and O–H groups in total. The van der Waals surface area contributed by atoms with E-state index >= 15 is 0 Å². The Balaban J connectivity index is 3.32. The number of nitrogens with two attached hydrogens (primary N) is 1. The van der Waals surface area contributed by atoms with E-state index < -0.39 is 15.8 Å². The van der Waals surface area contributed by atoms with Gasteiger partial charge in [-0.1, -0.05) is 0 Å². The highest BCUT2D eigenvalue weighted by Gasteiger charge is 2.07. The van der Waals surface area contributed by atoms with Crippen LogP contribution in [0.3, 0.4) is 0 Å². The summed E-state index contributed by atoms with van der Waals surface area (Å²) in [5.41, 5.74) is 5.04. The van der Waals surface area contributed by atoms with Crippen molar-refractivity contribution < 1.29 is 8.76 Å². The van der Waals surface area contributed by atoms with E-state index in [2.05, 4.69) is 0 Å². The van der Waals surface area contributed by atoms with E-state index in [4.69, 9.17) is 21.9 Å². The van der Waals surface area contributed by atoms with Gasteiger partial charge in [0.05, 0.1) is 0 Å². The van der Waals surface area contributed by atoms with Crippen molar-refractivity contribution in [2.24, 2.45) is 5.73 Å². The van der Waals surface area contributed by atoms with Crippen LogP contribution in [-0.4, -0.2) is 20.0 Å². The molecule has 50 valence electrons. The van der Waals surface area contributed by atoms with Gasteiger partial charge in [0, 0.05) is 0 Å². The zero-order valence-corrected chi connectivity index (χ0v) is 5.78. The molecule has 0 radical (unpaired) electrons. The average Bonchev–Trinajstić information content (AvgIpc) is 1.67. The summed E-state index contributed by atoms with van der Waals surface area (Å²) in [6.07, 6.45) is 0.380. The summed E-state index contributed by atoms with van der Waals surface area (Å²) in [6.45, 7) is 0.348. The van der Waals surface area contributed by atoms with Gasteiger partial charge in [0.2, 0.25) is 0 Å². The third-order valence-electron chi connectivity index (χ3n) is 0.612. The van der Waals surface area contributed by atoms with Crippen molar-refractivity contribution in [1.29, 1.82) is 0 Å². The standard InChI is InChI=1S/C3H8ClNO2S/c4-3(1-2-5)8(6)7/h3H,1-2,5H2,(H,6,7). The summed E-state index contributed by atoms with van der Waals surface area (Å²) in [5.74, 6) is 0. The fraction of sp³-hybridized carbons (Fsp3) is 1.00. The van der Waals surface area contributed by atoms with E-state index in [1.807, 2.05) is 0 Å². The molecule has 0 aliphatic rings. The Bertz CT molecular complexity index is 89.4. The van der Waals surface area contributed by atoms with Crippen LogP contribution in [0.4, 0.5) is 0 Å². The molecular weight excluding hydrogens is 150 g/mol. The maximum Gasteiger partial charge on any atom is 0.171 e. The van der Waals surface area contributed by atoms with Gasteiger partial charge in [-0.3, -0.25) is 0 Å². The minimum Gasteiger partial charge on any atom is -0.330 e. The van der Waals surface area contributed by atoms with Gasteiger partial charge in [0.25, 0.3) is 0 Å². The van der Waals surface area contributed by atoms with E-state index in [1.54, 1.807) is 0 Å². The number of alkyl halides is 1. The molecule has 0 spiro atoms. The maximum atomic E-state index is 10.0. The highest BCUT2D eigenvalue weighted by Crippen LogP contribution is 2.02. The van der Waals surface area contributed by atoms with Gasteiger partial charge in [-0.15, -0.1) is 11.6 Å². The second-order valence-corrected chi connectivity index (χ2v) is 3.17. The van der Waals surface area contributed by atoms with Crippen LogP contribution in [0, 0.1) is 0 Å². The number of hydrogen-bond donors (Lipinski definition) is 2. The van der Waals surface area contributed by atoms with E-state index in [-0.39, 0.29) is 0 Å². The van der Waals surface area contributed by atoms with Crippen LogP contribution in [-0.2, 0) is 11.1 Å². The summed E-state index contributed by atoms with van der Waals surface area (Å²) in [4.78, 5) is 0. The van der Waals surface area contributed by atoms with Crippen molar-refractivity contribution in [3.05, 3.63) is 0 Å². The normalized spacial score (nSPS) is 17.9. The SMILES string of the molecule is NCCC(Cl)S(=O)O. The molecule has 0 heterocycles. The summed E-state index contributed by atoms with van der Waals surface area (Å²) in [7, 11) is 0. The lowest BCUT2D eigenvalue weighted by atomic mass is 10.5. The number of halogens is 1. The van der Waals surface area contributed by atoms with Crippen molar-refractivity contribution in [3.63, 3.8) is 0 Å². The van der Waals surface area contributed by atoms with Crippen molar-refractivity contribution >= 4 is 22.7 Å². The Morgan fingerprint density at radius 1 is 1.88 bits per heavy atom. The first kappa shape index (κ1) is 8.36. The van der Waals surface area contributed by atoms with Gasteiger partial charge in [0.1, 0.15) is 4.71 Å². The molecule has 0 saturated carbocycles. The largest absolute Gasteiger partial charge is 0.330 e. The third kappa shape index (κ3) is 3.37. The van der Waals surface area contributed by atoms with E-state index in [0.717, 1.165) is 0 Å². The molecule has 0 aromatic heterocycles. The van der Waals surface area contributed by atoms with E-state index in [0.29, 0.717) is 13.0 Å². The van der Waals surface area contributed by atoms with Gasteiger partial charge < -0.3 is 10.3 Å². The van der Waals surface area contributed by atoms with E-state index in [9.17, 15) is 4.21 Å². The second kappa shape index (κ2) is 4.26. The van der Waals surface area contributed by atoms with Crippen LogP contribution in [0.15, 0.2) is 0 Å². The molecule has 0 aliphatic carbocycles. The van der Waals surface area contributed by atoms with E-state index in [1.165, 1.54) is 0 Å². The Kier molecular flexibility index (Phi) is 4.45. The first-order chi connectivity index (χ1) is 3.68. The van der Waals surface area contributed by atoms with Crippen LogP contribution in [0.5, 0.6) is 0 Å². The molecule has 0 amide bonds. The molecule has 0 aromatic carbocycles. The maximum absolute atomic E-state index is 10.0. The quantitative estimate of drug-likeness (QED) is 0.452. The fourth-order valence-electron chi connectivity index (χ4n) is 0.232. The average molecular weight is 158 g/mol. The zero-order valence-electron chi connectivity index (χ0n) is 4.21. The highest BCUT2D eigenvalue weighted by atomic mass is 35.5. The number of hydrogen-bond acceptors (Lipinski definition) is 2. The Hall–Kier alpha value is 0.360. The van der Waals surface area contributed by atoms with Crippen LogP contribution < -0.4 is 5.73 Å². The first-order valence-electron chi connectivity index (χ1n) is 2.12. The smallest absolute Gasteiger partial charge is 0.171 e. The first-order valence-corrected chi connectivity index (χ1v) is 3.73. The minimum absolute atomic E-state index is 0.348. The fourth-order valence-corrected chi connectivity index (χ4v) is 0.696. The van der Waals surface area contributed by atoms with Gasteiger partial charge in [-0.25, -0.2) is 4.21 Å². The second-order valence-electron chi connectivity index (χ2n) is 1.26. The van der Waals surface area contributed by atoms with Gasteiger partial charge in [0.15, 0.2) is 11.1 Å². The van der Waals surface area contributed by atoms with Crippen molar-refractivity contribution in [2.45, 2.75) is 11.1 Å². The summed E-state index contributed by atoms with van der Waals surface area (Å²) in [5, 5.41) is 0. The van der Waals surface area contributed by atoms with Crippen LogP contribution in [0.2, 0.25) is 0 Å². The molecular formula is C3H8ClNO2S. The lowest BCUT2D eigenvalue weighted by molar-refractivity contribution is 0.557. The van der Waals surface area contributed by atoms with Crippen molar-refractivity contribution in [2.75, 3.05) is 6.54 Å². The Labute approximate surface area is 55.5 Å². The van der Waals surface area contributed by atoms with Gasteiger partial charge in [-0.2, -0.15) is 0 Å². The minimum atomic E-state index is -1.92. The van der Waals surface area contributed by atoms with Crippen LogP contribution in [0.25, 0.3) is 0 Å². The Morgan fingerprint density at radius 2 is 2.38 bits per heavy atom. The zero-order chi connectivity index (χ0) is 6.57. The van der Waals surface area contributed by atoms with Gasteiger partial charge in [-0.05, 0) is 13.0 Å². The molecule has 0 aromatic rings. The summed E-state index contributed by atoms with van der Waals surface area (Å²) >= 11 is 3.36. The van der Waals surface area contributed by atoms with Gasteiger partial charge >= 0.3 is 0 Å².